The van der Waals surface area contributed by atoms with Crippen LogP contribution in [0.25, 0.3) is 0 Å². The zero-order valence-corrected chi connectivity index (χ0v) is 6.34. The second-order valence-electron chi connectivity index (χ2n) is 2.72. The zero-order valence-electron chi connectivity index (χ0n) is 6.34. The van der Waals surface area contributed by atoms with Crippen molar-refractivity contribution in [3.05, 3.63) is 12.8 Å². The minimum atomic E-state index is 0.123. The molecule has 56 valence electrons. The van der Waals surface area contributed by atoms with Gasteiger partial charge in [-0.2, -0.15) is 0 Å². The topological polar surface area (TPSA) is 20.3 Å². The Bertz CT molecular complexity index is 153. The van der Waals surface area contributed by atoms with Crippen LogP contribution in [0.4, 0.5) is 0 Å². The van der Waals surface area contributed by atoms with E-state index in [0.717, 1.165) is 19.3 Å². The summed E-state index contributed by atoms with van der Waals surface area (Å²) < 4.78 is 0. The summed E-state index contributed by atoms with van der Waals surface area (Å²) in [7, 11) is 1.90. The highest BCUT2D eigenvalue weighted by Gasteiger charge is 2.25. The van der Waals surface area contributed by atoms with Gasteiger partial charge < -0.3 is 4.90 Å². The van der Waals surface area contributed by atoms with Gasteiger partial charge in [0.1, 0.15) is 0 Å². The third-order valence-corrected chi connectivity index (χ3v) is 2.05. The molecule has 1 aliphatic rings. The van der Waals surface area contributed by atoms with Gasteiger partial charge >= 0.3 is 0 Å². The van der Waals surface area contributed by atoms with Gasteiger partial charge in [-0.05, 0) is 19.0 Å². The van der Waals surface area contributed by atoms with Crippen LogP contribution in [-0.2, 0) is 4.79 Å². The van der Waals surface area contributed by atoms with Gasteiger partial charge in [-0.3, -0.25) is 4.79 Å². The Morgan fingerprint density at radius 1 is 1.80 bits per heavy atom. The molecule has 0 aromatic carbocycles. The number of hydrogen-bond acceptors (Lipinski definition) is 2. The van der Waals surface area contributed by atoms with Gasteiger partial charge in [-0.15, -0.1) is 0 Å². The van der Waals surface area contributed by atoms with E-state index in [9.17, 15) is 4.79 Å². The van der Waals surface area contributed by atoms with E-state index in [1.807, 2.05) is 11.9 Å². The van der Waals surface area contributed by atoms with Crippen molar-refractivity contribution in [3.8, 4) is 0 Å². The Hall–Kier alpha value is -0.790. The number of rotatable bonds is 2. The van der Waals surface area contributed by atoms with Gasteiger partial charge in [-0.1, -0.05) is 6.58 Å². The Morgan fingerprint density at radius 3 is 2.90 bits per heavy atom. The van der Waals surface area contributed by atoms with E-state index in [1.54, 1.807) is 6.20 Å². The fraction of sp³-hybridized carbons (Fsp3) is 0.625. The number of hydrogen-bond donors (Lipinski definition) is 0. The number of carbonyl (C=O) groups is 1. The molecule has 0 radical (unpaired) electrons. The summed E-state index contributed by atoms with van der Waals surface area (Å²) in [6.45, 7) is 3.61. The SMILES string of the molecule is C=CN(C)C1CCCC1=O. The molecule has 0 aromatic heterocycles. The lowest BCUT2D eigenvalue weighted by Crippen LogP contribution is -2.30. The van der Waals surface area contributed by atoms with Crippen molar-refractivity contribution < 1.29 is 4.79 Å². The fourth-order valence-corrected chi connectivity index (χ4v) is 1.36. The molecule has 1 fully saturated rings. The maximum Gasteiger partial charge on any atom is 0.155 e. The lowest BCUT2D eigenvalue weighted by Gasteiger charge is -2.19. The number of carbonyl (C=O) groups excluding carboxylic acids is 1. The first-order valence-corrected chi connectivity index (χ1v) is 3.63. The number of likely N-dealkylation sites (N-methyl/N-ethyl adjacent to an activating group) is 1. The molecule has 0 saturated heterocycles. The largest absolute Gasteiger partial charge is 0.371 e. The smallest absolute Gasteiger partial charge is 0.155 e. The standard InChI is InChI=1S/C8H13NO/c1-3-9(2)7-5-4-6-8(7)10/h3,7H,1,4-6H2,2H3. The van der Waals surface area contributed by atoms with Crippen LogP contribution in [0.2, 0.25) is 0 Å². The van der Waals surface area contributed by atoms with Crippen LogP contribution in [0.15, 0.2) is 12.8 Å². The molecule has 0 heterocycles. The zero-order chi connectivity index (χ0) is 7.56. The Balaban J connectivity index is 2.54. The summed E-state index contributed by atoms with van der Waals surface area (Å²) in [6.07, 6.45) is 4.51. The monoisotopic (exact) mass is 139 g/mol. The maximum absolute atomic E-state index is 11.1. The highest BCUT2D eigenvalue weighted by atomic mass is 16.1. The molecule has 1 rings (SSSR count). The molecule has 1 atom stereocenters. The van der Waals surface area contributed by atoms with Crippen molar-refractivity contribution in [3.63, 3.8) is 0 Å². The van der Waals surface area contributed by atoms with Crippen LogP contribution in [0.5, 0.6) is 0 Å². The van der Waals surface area contributed by atoms with Crippen LogP contribution < -0.4 is 0 Å². The predicted molar refractivity (Wildman–Crippen MR) is 40.6 cm³/mol. The quantitative estimate of drug-likeness (QED) is 0.572. The fourth-order valence-electron chi connectivity index (χ4n) is 1.36. The van der Waals surface area contributed by atoms with Crippen LogP contribution in [0.1, 0.15) is 19.3 Å². The Kier molecular flexibility index (Phi) is 2.10. The van der Waals surface area contributed by atoms with Crippen molar-refractivity contribution in [2.45, 2.75) is 25.3 Å². The molecular formula is C8H13NO. The van der Waals surface area contributed by atoms with Crippen molar-refractivity contribution in [1.29, 1.82) is 0 Å². The molecule has 10 heavy (non-hydrogen) atoms. The van der Waals surface area contributed by atoms with Crippen molar-refractivity contribution in [2.75, 3.05) is 7.05 Å². The average Bonchev–Trinajstić information content (AvgIpc) is 2.34. The van der Waals surface area contributed by atoms with E-state index in [4.69, 9.17) is 0 Å². The molecule has 0 aliphatic heterocycles. The average molecular weight is 139 g/mol. The van der Waals surface area contributed by atoms with Gasteiger partial charge in [0.2, 0.25) is 0 Å². The molecule has 1 saturated carbocycles. The predicted octanol–water partition coefficient (Wildman–Crippen LogP) is 1.18. The van der Waals surface area contributed by atoms with Crippen molar-refractivity contribution in [2.24, 2.45) is 0 Å². The van der Waals surface area contributed by atoms with Gasteiger partial charge in [0, 0.05) is 13.5 Å². The molecule has 0 aromatic rings. The first kappa shape index (κ1) is 7.32. The molecule has 2 heteroatoms. The molecule has 0 amide bonds. The van der Waals surface area contributed by atoms with Crippen LogP contribution >= 0.6 is 0 Å². The Labute approximate surface area is 61.5 Å². The maximum atomic E-state index is 11.1. The van der Waals surface area contributed by atoms with E-state index >= 15 is 0 Å². The summed E-state index contributed by atoms with van der Waals surface area (Å²) in [5.41, 5.74) is 0. The third kappa shape index (κ3) is 1.20. The molecule has 0 N–H and O–H groups in total. The second-order valence-corrected chi connectivity index (χ2v) is 2.72. The van der Waals surface area contributed by atoms with Gasteiger partial charge in [-0.25, -0.2) is 0 Å². The minimum absolute atomic E-state index is 0.123. The number of ketones is 1. The van der Waals surface area contributed by atoms with E-state index in [-0.39, 0.29) is 6.04 Å². The highest BCUT2D eigenvalue weighted by molar-refractivity contribution is 5.85. The van der Waals surface area contributed by atoms with Crippen LogP contribution in [0.3, 0.4) is 0 Å². The summed E-state index contributed by atoms with van der Waals surface area (Å²) in [6, 6.07) is 0.123. The molecular weight excluding hydrogens is 126 g/mol. The molecule has 1 aliphatic carbocycles. The molecule has 1 unspecified atom stereocenters. The van der Waals surface area contributed by atoms with Crippen LogP contribution in [0, 0.1) is 0 Å². The molecule has 0 spiro atoms. The molecule has 0 bridgehead atoms. The van der Waals surface area contributed by atoms with Gasteiger partial charge in [0.05, 0.1) is 6.04 Å². The van der Waals surface area contributed by atoms with Gasteiger partial charge in [0.25, 0.3) is 0 Å². The Morgan fingerprint density at radius 2 is 2.50 bits per heavy atom. The summed E-state index contributed by atoms with van der Waals surface area (Å²) in [5, 5.41) is 0. The van der Waals surface area contributed by atoms with Crippen molar-refractivity contribution in [1.82, 2.24) is 4.90 Å². The lowest BCUT2D eigenvalue weighted by molar-refractivity contribution is -0.120. The number of nitrogens with zero attached hydrogens (tertiary/aromatic N) is 1. The normalized spacial score (nSPS) is 24.9. The number of Topliss-reactive ketones (excluding diaryl/α,β-unsaturated/α-hetero) is 1. The van der Waals surface area contributed by atoms with Crippen molar-refractivity contribution >= 4 is 5.78 Å². The molecule has 2 nitrogen and oxygen atoms in total. The second kappa shape index (κ2) is 2.86. The summed E-state index contributed by atoms with van der Waals surface area (Å²) >= 11 is 0. The first-order chi connectivity index (χ1) is 4.75. The summed E-state index contributed by atoms with van der Waals surface area (Å²) in [4.78, 5) is 13.0. The summed E-state index contributed by atoms with van der Waals surface area (Å²) in [5.74, 6) is 0.363. The van der Waals surface area contributed by atoms with Gasteiger partial charge in [0.15, 0.2) is 5.78 Å². The minimum Gasteiger partial charge on any atom is -0.371 e. The van der Waals surface area contributed by atoms with E-state index in [1.165, 1.54) is 0 Å². The van der Waals surface area contributed by atoms with E-state index < -0.39 is 0 Å². The third-order valence-electron chi connectivity index (χ3n) is 2.05. The lowest BCUT2D eigenvalue weighted by atomic mass is 10.2. The van der Waals surface area contributed by atoms with E-state index in [0.29, 0.717) is 5.78 Å². The first-order valence-electron chi connectivity index (χ1n) is 3.63. The van der Waals surface area contributed by atoms with Crippen LogP contribution in [-0.4, -0.2) is 23.8 Å². The highest BCUT2D eigenvalue weighted by Crippen LogP contribution is 2.18. The van der Waals surface area contributed by atoms with E-state index in [2.05, 4.69) is 6.58 Å².